The number of aryl methyl sites for hydroxylation is 1. The number of hydrogen-bond donors (Lipinski definition) is 1. The third-order valence-corrected chi connectivity index (χ3v) is 4.42. The molecule has 1 aliphatic rings. The quantitative estimate of drug-likeness (QED) is 0.705. The lowest BCUT2D eigenvalue weighted by atomic mass is 9.95. The van der Waals surface area contributed by atoms with Gasteiger partial charge in [0.05, 0.1) is 0 Å². The SMILES string of the molecule is Cc1ccsc1C1CCCCC(N)C1. The number of thiophene rings is 1. The van der Waals surface area contributed by atoms with Gasteiger partial charge in [-0.1, -0.05) is 12.8 Å². The normalized spacial score (nSPS) is 28.7. The highest BCUT2D eigenvalue weighted by Crippen LogP contribution is 2.35. The fraction of sp³-hybridized carbons (Fsp3) is 0.667. The molecule has 1 fully saturated rings. The van der Waals surface area contributed by atoms with E-state index in [4.69, 9.17) is 5.73 Å². The van der Waals surface area contributed by atoms with Crippen LogP contribution in [0.15, 0.2) is 11.4 Å². The summed E-state index contributed by atoms with van der Waals surface area (Å²) in [5, 5.41) is 2.21. The van der Waals surface area contributed by atoms with Crippen LogP contribution in [0.5, 0.6) is 0 Å². The van der Waals surface area contributed by atoms with Crippen molar-refractivity contribution in [3.63, 3.8) is 0 Å². The van der Waals surface area contributed by atoms with Crippen LogP contribution in [0, 0.1) is 6.92 Å². The number of nitrogens with two attached hydrogens (primary N) is 1. The van der Waals surface area contributed by atoms with Gasteiger partial charge in [-0.3, -0.25) is 0 Å². The molecule has 0 aliphatic heterocycles. The largest absolute Gasteiger partial charge is 0.328 e. The molecule has 0 amide bonds. The third-order valence-electron chi connectivity index (χ3n) is 3.24. The highest BCUT2D eigenvalue weighted by atomic mass is 32.1. The molecule has 2 N–H and O–H groups in total. The Kier molecular flexibility index (Phi) is 3.24. The van der Waals surface area contributed by atoms with Crippen LogP contribution in [0.25, 0.3) is 0 Å². The molecule has 2 atom stereocenters. The van der Waals surface area contributed by atoms with E-state index in [1.165, 1.54) is 37.7 Å². The summed E-state index contributed by atoms with van der Waals surface area (Å²) in [4.78, 5) is 1.59. The van der Waals surface area contributed by atoms with E-state index in [9.17, 15) is 0 Å². The van der Waals surface area contributed by atoms with Gasteiger partial charge in [0, 0.05) is 10.9 Å². The molecule has 2 rings (SSSR count). The summed E-state index contributed by atoms with van der Waals surface area (Å²) in [6, 6.07) is 2.67. The summed E-state index contributed by atoms with van der Waals surface area (Å²) >= 11 is 1.91. The Hall–Kier alpha value is -0.340. The predicted octanol–water partition coefficient (Wildman–Crippen LogP) is 3.43. The zero-order valence-corrected chi connectivity index (χ0v) is 9.65. The average Bonchev–Trinajstić information content (AvgIpc) is 2.45. The van der Waals surface area contributed by atoms with Crippen molar-refractivity contribution in [1.82, 2.24) is 0 Å². The van der Waals surface area contributed by atoms with Gasteiger partial charge in [-0.25, -0.2) is 0 Å². The van der Waals surface area contributed by atoms with Crippen molar-refractivity contribution in [3.05, 3.63) is 21.9 Å². The Labute approximate surface area is 90.3 Å². The van der Waals surface area contributed by atoms with E-state index in [0.29, 0.717) is 6.04 Å². The van der Waals surface area contributed by atoms with Crippen LogP contribution in [0.1, 0.15) is 48.5 Å². The molecule has 0 bridgehead atoms. The van der Waals surface area contributed by atoms with Crippen molar-refractivity contribution in [2.75, 3.05) is 0 Å². The summed E-state index contributed by atoms with van der Waals surface area (Å²) in [6.45, 7) is 2.22. The van der Waals surface area contributed by atoms with E-state index in [-0.39, 0.29) is 0 Å². The predicted molar refractivity (Wildman–Crippen MR) is 62.9 cm³/mol. The van der Waals surface area contributed by atoms with Crippen molar-refractivity contribution in [3.8, 4) is 0 Å². The van der Waals surface area contributed by atoms with E-state index < -0.39 is 0 Å². The van der Waals surface area contributed by atoms with Crippen LogP contribution in [0.4, 0.5) is 0 Å². The molecule has 0 radical (unpaired) electrons. The van der Waals surface area contributed by atoms with Crippen LogP contribution in [-0.4, -0.2) is 6.04 Å². The second-order valence-electron chi connectivity index (χ2n) is 4.45. The van der Waals surface area contributed by atoms with Crippen molar-refractivity contribution in [2.24, 2.45) is 5.73 Å². The maximum atomic E-state index is 6.09. The number of rotatable bonds is 1. The van der Waals surface area contributed by atoms with Crippen LogP contribution >= 0.6 is 11.3 Å². The monoisotopic (exact) mass is 209 g/mol. The lowest BCUT2D eigenvalue weighted by molar-refractivity contribution is 0.539. The number of hydrogen-bond acceptors (Lipinski definition) is 2. The molecule has 1 aromatic heterocycles. The van der Waals surface area contributed by atoms with Gasteiger partial charge in [0.2, 0.25) is 0 Å². The zero-order valence-electron chi connectivity index (χ0n) is 8.83. The molecule has 1 aromatic rings. The minimum absolute atomic E-state index is 0.434. The van der Waals surface area contributed by atoms with Crippen LogP contribution in [-0.2, 0) is 0 Å². The summed E-state index contributed by atoms with van der Waals surface area (Å²) in [5.41, 5.74) is 7.55. The molecule has 78 valence electrons. The first-order valence-corrected chi connectivity index (χ1v) is 6.45. The Morgan fingerprint density at radius 3 is 2.86 bits per heavy atom. The molecule has 2 heteroatoms. The summed E-state index contributed by atoms with van der Waals surface area (Å²) in [7, 11) is 0. The van der Waals surface area contributed by atoms with Gasteiger partial charge in [-0.05, 0) is 49.1 Å². The highest BCUT2D eigenvalue weighted by molar-refractivity contribution is 7.10. The lowest BCUT2D eigenvalue weighted by Crippen LogP contribution is -2.20. The average molecular weight is 209 g/mol. The Morgan fingerprint density at radius 2 is 2.14 bits per heavy atom. The van der Waals surface area contributed by atoms with Gasteiger partial charge in [-0.2, -0.15) is 0 Å². The summed E-state index contributed by atoms with van der Waals surface area (Å²) in [6.07, 6.45) is 6.44. The Balaban J connectivity index is 2.13. The lowest BCUT2D eigenvalue weighted by Gasteiger charge is -2.16. The first-order valence-electron chi connectivity index (χ1n) is 5.57. The standard InChI is InChI=1S/C12H19NS/c1-9-6-7-14-12(9)10-4-2-3-5-11(13)8-10/h6-7,10-11H,2-5,8,13H2,1H3. The van der Waals surface area contributed by atoms with Gasteiger partial charge in [0.15, 0.2) is 0 Å². The minimum atomic E-state index is 0.434. The van der Waals surface area contributed by atoms with E-state index in [0.717, 1.165) is 5.92 Å². The smallest absolute Gasteiger partial charge is 0.0106 e. The Bertz CT molecular complexity index is 292. The molecule has 2 unspecified atom stereocenters. The van der Waals surface area contributed by atoms with Crippen molar-refractivity contribution in [2.45, 2.75) is 51.0 Å². The maximum absolute atomic E-state index is 6.09. The second kappa shape index (κ2) is 4.45. The fourth-order valence-corrected chi connectivity index (χ4v) is 3.52. The Morgan fingerprint density at radius 1 is 1.36 bits per heavy atom. The van der Waals surface area contributed by atoms with Gasteiger partial charge >= 0.3 is 0 Å². The molecular formula is C12H19NS. The van der Waals surface area contributed by atoms with E-state index in [2.05, 4.69) is 18.4 Å². The van der Waals surface area contributed by atoms with Gasteiger partial charge in [0.1, 0.15) is 0 Å². The molecule has 0 saturated heterocycles. The van der Waals surface area contributed by atoms with E-state index in [1.54, 1.807) is 4.88 Å². The topological polar surface area (TPSA) is 26.0 Å². The van der Waals surface area contributed by atoms with E-state index >= 15 is 0 Å². The van der Waals surface area contributed by atoms with E-state index in [1.807, 2.05) is 11.3 Å². The molecule has 14 heavy (non-hydrogen) atoms. The molecule has 1 heterocycles. The molecule has 1 aliphatic carbocycles. The van der Waals surface area contributed by atoms with Gasteiger partial charge in [0.25, 0.3) is 0 Å². The van der Waals surface area contributed by atoms with Crippen LogP contribution in [0.2, 0.25) is 0 Å². The zero-order chi connectivity index (χ0) is 9.97. The first-order chi connectivity index (χ1) is 6.77. The van der Waals surface area contributed by atoms with Gasteiger partial charge in [-0.15, -0.1) is 11.3 Å². The minimum Gasteiger partial charge on any atom is -0.328 e. The fourth-order valence-electron chi connectivity index (χ4n) is 2.44. The summed E-state index contributed by atoms with van der Waals surface area (Å²) in [5.74, 6) is 0.743. The molecule has 1 saturated carbocycles. The third kappa shape index (κ3) is 2.18. The van der Waals surface area contributed by atoms with Crippen LogP contribution in [0.3, 0.4) is 0 Å². The highest BCUT2D eigenvalue weighted by Gasteiger charge is 2.20. The summed E-state index contributed by atoms with van der Waals surface area (Å²) < 4.78 is 0. The first kappa shape index (κ1) is 10.2. The van der Waals surface area contributed by atoms with Gasteiger partial charge < -0.3 is 5.73 Å². The molecule has 0 spiro atoms. The molecule has 0 aromatic carbocycles. The van der Waals surface area contributed by atoms with Crippen molar-refractivity contribution in [1.29, 1.82) is 0 Å². The second-order valence-corrected chi connectivity index (χ2v) is 5.39. The van der Waals surface area contributed by atoms with Crippen molar-refractivity contribution >= 4 is 11.3 Å². The molecule has 1 nitrogen and oxygen atoms in total. The molecular weight excluding hydrogens is 190 g/mol. The maximum Gasteiger partial charge on any atom is 0.0106 e. The van der Waals surface area contributed by atoms with Crippen molar-refractivity contribution < 1.29 is 0 Å². The van der Waals surface area contributed by atoms with Crippen LogP contribution < -0.4 is 5.73 Å².